The van der Waals surface area contributed by atoms with Gasteiger partial charge in [-0.1, -0.05) is 52.5 Å². The molecule has 0 fully saturated rings. The number of nitrogens with zero attached hydrogens (tertiary/aromatic N) is 1. The van der Waals surface area contributed by atoms with Crippen LogP contribution in [0.3, 0.4) is 0 Å². The molecule has 0 aliphatic rings. The second-order valence-electron chi connectivity index (χ2n) is 4.66. The second-order valence-corrected chi connectivity index (χ2v) is 4.66. The first-order valence-corrected chi connectivity index (χ1v) is 7.17. The molecule has 0 aromatic heterocycles. The van der Waals surface area contributed by atoms with Crippen LogP contribution in [0.15, 0.2) is 11.8 Å². The van der Waals surface area contributed by atoms with Crippen molar-refractivity contribution >= 4 is 0 Å². The van der Waals surface area contributed by atoms with Gasteiger partial charge in [0.1, 0.15) is 0 Å². The van der Waals surface area contributed by atoms with E-state index in [4.69, 9.17) is 0 Å². The molecule has 1 nitrogen and oxygen atoms in total. The van der Waals surface area contributed by atoms with Crippen LogP contribution in [-0.4, -0.2) is 18.0 Å². The molecule has 0 saturated carbocycles. The van der Waals surface area contributed by atoms with Crippen LogP contribution >= 0.6 is 0 Å². The van der Waals surface area contributed by atoms with Gasteiger partial charge >= 0.3 is 0 Å². The van der Waals surface area contributed by atoms with Crippen LogP contribution in [0.1, 0.15) is 72.6 Å². The average Bonchev–Trinajstić information content (AvgIpc) is 2.28. The Morgan fingerprint density at radius 2 is 1.38 bits per heavy atom. The highest BCUT2D eigenvalue weighted by molar-refractivity contribution is 4.96. The van der Waals surface area contributed by atoms with E-state index in [1.165, 1.54) is 57.3 Å². The Balaban J connectivity index is 3.99. The van der Waals surface area contributed by atoms with Crippen molar-refractivity contribution in [3.05, 3.63) is 11.8 Å². The highest BCUT2D eigenvalue weighted by Crippen LogP contribution is 2.10. The van der Waals surface area contributed by atoms with Crippen LogP contribution in [0, 0.1) is 0 Å². The fourth-order valence-electron chi connectivity index (χ4n) is 1.99. The molecule has 0 aromatic rings. The minimum Gasteiger partial charge on any atom is -0.375 e. The van der Waals surface area contributed by atoms with Crippen LogP contribution in [0.5, 0.6) is 0 Å². The molecular weight excluding hydrogens is 194 g/mol. The predicted molar refractivity (Wildman–Crippen MR) is 74.7 cm³/mol. The maximum Gasteiger partial charge on any atom is 0.0174 e. The molecule has 0 spiro atoms. The Labute approximate surface area is 103 Å². The van der Waals surface area contributed by atoms with E-state index < -0.39 is 0 Å². The molecule has 0 aliphatic carbocycles. The van der Waals surface area contributed by atoms with E-state index in [0.717, 1.165) is 6.42 Å². The molecule has 1 heteroatoms. The highest BCUT2D eigenvalue weighted by Gasteiger charge is 2.03. The zero-order valence-corrected chi connectivity index (χ0v) is 11.9. The molecule has 0 bridgehead atoms. The summed E-state index contributed by atoms with van der Waals surface area (Å²) in [4.78, 5) is 2.58. The zero-order chi connectivity index (χ0) is 12.2. The van der Waals surface area contributed by atoms with Gasteiger partial charge in [-0.25, -0.2) is 0 Å². The van der Waals surface area contributed by atoms with E-state index in [2.05, 4.69) is 38.7 Å². The summed E-state index contributed by atoms with van der Waals surface area (Å²) in [6.45, 7) is 11.5. The molecule has 0 aromatic carbocycles. The lowest BCUT2D eigenvalue weighted by Crippen LogP contribution is -2.24. The van der Waals surface area contributed by atoms with Crippen molar-refractivity contribution in [3.63, 3.8) is 0 Å². The van der Waals surface area contributed by atoms with Crippen molar-refractivity contribution in [2.75, 3.05) is 13.1 Å². The molecular formula is C15H31N. The number of hydrogen-bond donors (Lipinski definition) is 0. The number of hydrogen-bond acceptors (Lipinski definition) is 1. The van der Waals surface area contributed by atoms with Crippen LogP contribution in [-0.2, 0) is 0 Å². The van der Waals surface area contributed by atoms with Crippen LogP contribution in [0.4, 0.5) is 0 Å². The van der Waals surface area contributed by atoms with Gasteiger partial charge in [0.2, 0.25) is 0 Å². The molecule has 0 saturated heterocycles. The van der Waals surface area contributed by atoms with Crippen molar-refractivity contribution in [1.82, 2.24) is 4.90 Å². The molecule has 96 valence electrons. The van der Waals surface area contributed by atoms with Crippen LogP contribution in [0.2, 0.25) is 0 Å². The first-order chi connectivity index (χ1) is 7.76. The summed E-state index contributed by atoms with van der Waals surface area (Å²) >= 11 is 0. The predicted octanol–water partition coefficient (Wildman–Crippen LogP) is 4.98. The summed E-state index contributed by atoms with van der Waals surface area (Å²) in [6.07, 6.45) is 11.6. The van der Waals surface area contributed by atoms with Gasteiger partial charge in [-0.05, 0) is 26.2 Å². The lowest BCUT2D eigenvalue weighted by Gasteiger charge is -2.25. The van der Waals surface area contributed by atoms with Gasteiger partial charge in [0, 0.05) is 18.8 Å². The summed E-state index contributed by atoms with van der Waals surface area (Å²) in [5, 5.41) is 0. The molecule has 0 aliphatic heterocycles. The van der Waals surface area contributed by atoms with Gasteiger partial charge in [0.15, 0.2) is 0 Å². The lowest BCUT2D eigenvalue weighted by atomic mass is 10.2. The minimum absolute atomic E-state index is 1.16. The highest BCUT2D eigenvalue weighted by atomic mass is 15.1. The smallest absolute Gasteiger partial charge is 0.0174 e. The third kappa shape index (κ3) is 7.78. The molecule has 0 unspecified atom stereocenters. The van der Waals surface area contributed by atoms with Crippen molar-refractivity contribution in [3.8, 4) is 0 Å². The summed E-state index contributed by atoms with van der Waals surface area (Å²) in [6, 6.07) is 0. The largest absolute Gasteiger partial charge is 0.375 e. The normalized spacial score (nSPS) is 11.9. The number of allylic oxidation sites excluding steroid dienone is 2. The number of rotatable bonds is 10. The second kappa shape index (κ2) is 11.0. The van der Waals surface area contributed by atoms with Gasteiger partial charge < -0.3 is 4.90 Å². The van der Waals surface area contributed by atoms with E-state index in [1.807, 2.05) is 0 Å². The third-order valence-corrected chi connectivity index (χ3v) is 3.06. The van der Waals surface area contributed by atoms with E-state index in [-0.39, 0.29) is 0 Å². The minimum atomic E-state index is 1.16. The summed E-state index contributed by atoms with van der Waals surface area (Å²) < 4.78 is 0. The maximum atomic E-state index is 2.58. The Bertz CT molecular complexity index is 162. The monoisotopic (exact) mass is 225 g/mol. The van der Waals surface area contributed by atoms with Gasteiger partial charge in [-0.15, -0.1) is 0 Å². The van der Waals surface area contributed by atoms with E-state index in [0.29, 0.717) is 0 Å². The van der Waals surface area contributed by atoms with Gasteiger partial charge in [-0.2, -0.15) is 0 Å². The fourth-order valence-corrected chi connectivity index (χ4v) is 1.99. The average molecular weight is 225 g/mol. The van der Waals surface area contributed by atoms with Gasteiger partial charge in [0.25, 0.3) is 0 Å². The molecule has 0 atom stereocenters. The van der Waals surface area contributed by atoms with E-state index >= 15 is 0 Å². The molecule has 0 N–H and O–H groups in total. The molecule has 0 heterocycles. The summed E-state index contributed by atoms with van der Waals surface area (Å²) in [5.74, 6) is 0. The maximum absolute atomic E-state index is 2.58. The number of unbranched alkanes of at least 4 members (excludes halogenated alkanes) is 4. The van der Waals surface area contributed by atoms with Crippen molar-refractivity contribution in [2.45, 2.75) is 72.6 Å². The fraction of sp³-hybridized carbons (Fsp3) is 0.867. The summed E-state index contributed by atoms with van der Waals surface area (Å²) in [5.41, 5.74) is 1.48. The first-order valence-electron chi connectivity index (χ1n) is 7.17. The van der Waals surface area contributed by atoms with Crippen LogP contribution < -0.4 is 0 Å². The summed E-state index contributed by atoms with van der Waals surface area (Å²) in [7, 11) is 0. The Hall–Kier alpha value is -0.460. The van der Waals surface area contributed by atoms with E-state index in [1.54, 1.807) is 0 Å². The quantitative estimate of drug-likeness (QED) is 0.474. The molecule has 16 heavy (non-hydrogen) atoms. The van der Waals surface area contributed by atoms with E-state index in [9.17, 15) is 0 Å². The van der Waals surface area contributed by atoms with Gasteiger partial charge in [0.05, 0.1) is 0 Å². The third-order valence-electron chi connectivity index (χ3n) is 3.06. The van der Waals surface area contributed by atoms with Crippen LogP contribution in [0.25, 0.3) is 0 Å². The first kappa shape index (κ1) is 15.5. The SMILES string of the molecule is CC/C=C(\C)N(CCCCC)CCCCC. The van der Waals surface area contributed by atoms with Gasteiger partial charge in [-0.3, -0.25) is 0 Å². The van der Waals surface area contributed by atoms with Crippen molar-refractivity contribution in [2.24, 2.45) is 0 Å². The van der Waals surface area contributed by atoms with Crippen molar-refractivity contribution in [1.29, 1.82) is 0 Å². The Morgan fingerprint density at radius 3 is 1.75 bits per heavy atom. The molecule has 0 rings (SSSR count). The lowest BCUT2D eigenvalue weighted by molar-refractivity contribution is 0.325. The molecule has 0 amide bonds. The van der Waals surface area contributed by atoms with Crippen molar-refractivity contribution < 1.29 is 0 Å². The standard InChI is InChI=1S/C15H31N/c1-5-8-10-13-16(14-11-9-6-2)15(4)12-7-3/h12H,5-11,13-14H2,1-4H3/b15-12+. The Kier molecular flexibility index (Phi) is 10.7. The topological polar surface area (TPSA) is 3.24 Å². The Morgan fingerprint density at radius 1 is 0.875 bits per heavy atom. The molecule has 0 radical (unpaired) electrons. The zero-order valence-electron chi connectivity index (χ0n) is 11.9.